The Bertz CT molecular complexity index is 1240. The minimum Gasteiger partial charge on any atom is -0.489 e. The number of rotatable bonds is 4. The topological polar surface area (TPSA) is 85.2 Å². The molecule has 0 spiro atoms. The van der Waals surface area contributed by atoms with Gasteiger partial charge in [-0.2, -0.15) is 0 Å². The molecule has 0 aliphatic rings. The number of fused-ring (bicyclic) bond motifs is 2. The number of aromatic nitrogens is 1. The maximum absolute atomic E-state index is 12.8. The van der Waals surface area contributed by atoms with Crippen LogP contribution < -0.4 is 10.2 Å². The fourth-order valence-corrected chi connectivity index (χ4v) is 3.24. The zero-order valence-electron chi connectivity index (χ0n) is 13.9. The molecule has 0 fully saturated rings. The second-order valence-corrected chi connectivity index (χ2v) is 6.42. The average molecular weight is 381 g/mol. The summed E-state index contributed by atoms with van der Waals surface area (Å²) in [5.41, 5.74) is 0.992. The highest BCUT2D eigenvalue weighted by molar-refractivity contribution is 6.36. The van der Waals surface area contributed by atoms with Gasteiger partial charge in [0.15, 0.2) is 5.43 Å². The third kappa shape index (κ3) is 3.11. The molecule has 4 rings (SSSR count). The summed E-state index contributed by atoms with van der Waals surface area (Å²) in [6, 6.07) is 17.3. The van der Waals surface area contributed by atoms with Crippen LogP contribution >= 0.6 is 11.6 Å². The van der Waals surface area contributed by atoms with Crippen LogP contribution in [0.2, 0.25) is 5.02 Å². The van der Waals surface area contributed by atoms with E-state index in [1.165, 1.54) is 12.1 Å². The van der Waals surface area contributed by atoms with Crippen molar-refractivity contribution in [2.75, 3.05) is 0 Å². The van der Waals surface area contributed by atoms with Gasteiger partial charge in [-0.15, -0.1) is 0 Å². The molecule has 0 unspecified atom stereocenters. The zero-order chi connectivity index (χ0) is 19.0. The summed E-state index contributed by atoms with van der Waals surface area (Å²) in [7, 11) is 0. The van der Waals surface area contributed by atoms with Crippen LogP contribution in [-0.2, 0) is 6.61 Å². The van der Waals surface area contributed by atoms with E-state index in [0.29, 0.717) is 23.3 Å². The number of nitrogens with zero attached hydrogens (tertiary/aromatic N) is 1. The van der Waals surface area contributed by atoms with Crippen molar-refractivity contribution >= 4 is 39.1 Å². The lowest BCUT2D eigenvalue weighted by atomic mass is 10.1. The Morgan fingerprint density at radius 3 is 2.59 bits per heavy atom. The third-order valence-corrected chi connectivity index (χ3v) is 4.61. The number of ether oxygens (including phenoxy) is 1. The summed E-state index contributed by atoms with van der Waals surface area (Å²) in [6.07, 6.45) is 0. The molecular weight excluding hydrogens is 368 g/mol. The first-order valence-electron chi connectivity index (χ1n) is 8.14. The average Bonchev–Trinajstić information content (AvgIpc) is 2.67. The fraction of sp³-hybridized carbons (Fsp3) is 0.0500. The molecule has 27 heavy (non-hydrogen) atoms. The predicted octanol–water partition coefficient (Wildman–Crippen LogP) is 4.82. The van der Waals surface area contributed by atoms with Crippen LogP contribution in [0.5, 0.6) is 5.75 Å². The maximum atomic E-state index is 12.8. The number of benzene rings is 3. The molecule has 7 heteroatoms. The lowest BCUT2D eigenvalue weighted by Gasteiger charge is -2.09. The van der Waals surface area contributed by atoms with Crippen molar-refractivity contribution in [2.24, 2.45) is 0 Å². The van der Waals surface area contributed by atoms with Gasteiger partial charge in [-0.05, 0) is 23.8 Å². The first kappa shape index (κ1) is 17.1. The van der Waals surface area contributed by atoms with Gasteiger partial charge in [0.1, 0.15) is 17.9 Å². The van der Waals surface area contributed by atoms with Crippen molar-refractivity contribution in [2.45, 2.75) is 6.61 Å². The van der Waals surface area contributed by atoms with E-state index in [1.54, 1.807) is 18.2 Å². The summed E-state index contributed by atoms with van der Waals surface area (Å²) in [5.74, 6) is 0.547. The van der Waals surface area contributed by atoms with Gasteiger partial charge in [-0.3, -0.25) is 14.9 Å². The first-order valence-corrected chi connectivity index (χ1v) is 8.52. The van der Waals surface area contributed by atoms with Gasteiger partial charge in [-0.1, -0.05) is 41.9 Å². The fourth-order valence-electron chi connectivity index (χ4n) is 2.99. The SMILES string of the molecule is O=c1c2ccc(OCc3ccccc3)cc2[nH]c2c([N+](=O)[O-])ccc(Cl)c12. The van der Waals surface area contributed by atoms with Gasteiger partial charge >= 0.3 is 0 Å². The molecule has 0 aliphatic heterocycles. The number of non-ortho nitro benzene ring substituents is 1. The second kappa shape index (κ2) is 6.74. The Balaban J connectivity index is 1.83. The van der Waals surface area contributed by atoms with Gasteiger partial charge in [-0.25, -0.2) is 0 Å². The number of H-pyrrole nitrogens is 1. The van der Waals surface area contributed by atoms with Crippen LogP contribution in [0.1, 0.15) is 5.56 Å². The summed E-state index contributed by atoms with van der Waals surface area (Å²) in [5, 5.41) is 12.0. The van der Waals surface area contributed by atoms with E-state index >= 15 is 0 Å². The second-order valence-electron chi connectivity index (χ2n) is 6.01. The van der Waals surface area contributed by atoms with Crippen LogP contribution in [0.4, 0.5) is 5.69 Å². The highest BCUT2D eigenvalue weighted by atomic mass is 35.5. The van der Waals surface area contributed by atoms with Crippen molar-refractivity contribution in [3.63, 3.8) is 0 Å². The molecule has 0 radical (unpaired) electrons. The molecule has 1 heterocycles. The molecule has 3 aromatic carbocycles. The first-order chi connectivity index (χ1) is 13.0. The Morgan fingerprint density at radius 1 is 1.07 bits per heavy atom. The van der Waals surface area contributed by atoms with Gasteiger partial charge in [0.05, 0.1) is 20.8 Å². The smallest absolute Gasteiger partial charge is 0.293 e. The van der Waals surface area contributed by atoms with Crippen molar-refractivity contribution in [1.29, 1.82) is 0 Å². The number of pyridine rings is 1. The highest BCUT2D eigenvalue weighted by Gasteiger charge is 2.18. The molecule has 1 aromatic heterocycles. The highest BCUT2D eigenvalue weighted by Crippen LogP contribution is 2.30. The Hall–Kier alpha value is -3.38. The quantitative estimate of drug-likeness (QED) is 0.312. The monoisotopic (exact) mass is 380 g/mol. The zero-order valence-corrected chi connectivity index (χ0v) is 14.7. The summed E-state index contributed by atoms with van der Waals surface area (Å²) in [4.78, 5) is 26.5. The molecule has 0 saturated heterocycles. The molecule has 4 aromatic rings. The van der Waals surface area contributed by atoms with Crippen molar-refractivity contribution in [3.05, 3.63) is 91.6 Å². The van der Waals surface area contributed by atoms with E-state index in [9.17, 15) is 14.9 Å². The van der Waals surface area contributed by atoms with Gasteiger partial charge in [0, 0.05) is 17.5 Å². The number of aromatic amines is 1. The Kier molecular flexibility index (Phi) is 4.25. The Morgan fingerprint density at radius 2 is 1.85 bits per heavy atom. The molecular formula is C20H13ClN2O4. The van der Waals surface area contributed by atoms with E-state index in [-0.39, 0.29) is 27.0 Å². The lowest BCUT2D eigenvalue weighted by molar-refractivity contribution is -0.383. The van der Waals surface area contributed by atoms with Crippen LogP contribution in [-0.4, -0.2) is 9.91 Å². The van der Waals surface area contributed by atoms with Crippen LogP contribution in [0, 0.1) is 10.1 Å². The molecule has 0 amide bonds. The third-order valence-electron chi connectivity index (χ3n) is 4.30. The molecule has 6 nitrogen and oxygen atoms in total. The van der Waals surface area contributed by atoms with Crippen molar-refractivity contribution < 1.29 is 9.66 Å². The molecule has 0 atom stereocenters. The molecule has 0 saturated carbocycles. The van der Waals surface area contributed by atoms with Crippen LogP contribution in [0.3, 0.4) is 0 Å². The molecule has 0 aliphatic carbocycles. The molecule has 0 bridgehead atoms. The number of nitrogens with one attached hydrogen (secondary N) is 1. The van der Waals surface area contributed by atoms with Crippen molar-refractivity contribution in [3.8, 4) is 5.75 Å². The Labute approximate surface area is 158 Å². The number of nitro groups is 1. The van der Waals surface area contributed by atoms with Crippen LogP contribution in [0.15, 0.2) is 65.5 Å². The minimum atomic E-state index is -0.545. The number of hydrogen-bond donors (Lipinski definition) is 1. The van der Waals surface area contributed by atoms with Gasteiger partial charge in [0.2, 0.25) is 0 Å². The number of hydrogen-bond acceptors (Lipinski definition) is 4. The predicted molar refractivity (Wildman–Crippen MR) is 105 cm³/mol. The normalized spacial score (nSPS) is 11.0. The van der Waals surface area contributed by atoms with Crippen molar-refractivity contribution in [1.82, 2.24) is 4.98 Å². The van der Waals surface area contributed by atoms with Crippen LogP contribution in [0.25, 0.3) is 21.8 Å². The molecule has 134 valence electrons. The van der Waals surface area contributed by atoms with E-state index < -0.39 is 4.92 Å². The summed E-state index contributed by atoms with van der Waals surface area (Å²) >= 11 is 6.12. The van der Waals surface area contributed by atoms with E-state index in [0.717, 1.165) is 5.56 Å². The van der Waals surface area contributed by atoms with Gasteiger partial charge in [0.25, 0.3) is 5.69 Å². The van der Waals surface area contributed by atoms with E-state index in [4.69, 9.17) is 16.3 Å². The maximum Gasteiger partial charge on any atom is 0.293 e. The minimum absolute atomic E-state index is 0.102. The van der Waals surface area contributed by atoms with Gasteiger partial charge < -0.3 is 9.72 Å². The number of nitro benzene ring substituents is 1. The summed E-state index contributed by atoms with van der Waals surface area (Å²) < 4.78 is 5.77. The standard InChI is InChI=1S/C20H13ClN2O4/c21-15-8-9-17(23(25)26)19-18(15)20(24)14-7-6-13(10-16(14)22-19)27-11-12-4-2-1-3-5-12/h1-10H,11H2,(H,22,24). The van der Waals surface area contributed by atoms with E-state index in [1.807, 2.05) is 30.3 Å². The summed E-state index contributed by atoms with van der Waals surface area (Å²) in [6.45, 7) is 0.371. The largest absolute Gasteiger partial charge is 0.489 e. The number of halogens is 1. The molecule has 1 N–H and O–H groups in total. The lowest BCUT2D eigenvalue weighted by Crippen LogP contribution is -2.07. The van der Waals surface area contributed by atoms with E-state index in [2.05, 4.69) is 4.98 Å².